The van der Waals surface area contributed by atoms with Gasteiger partial charge in [0.25, 0.3) is 0 Å². The molecule has 0 radical (unpaired) electrons. The second-order valence-electron chi connectivity index (χ2n) is 7.16. The summed E-state index contributed by atoms with van der Waals surface area (Å²) >= 11 is 1.86. The van der Waals surface area contributed by atoms with Crippen molar-refractivity contribution in [2.45, 2.75) is 78.3 Å². The molecule has 0 aromatic carbocycles. The second-order valence-corrected chi connectivity index (χ2v) is 8.02. The predicted molar refractivity (Wildman–Crippen MR) is 88.3 cm³/mol. The fraction of sp³-hybridized carbons (Fsp3) is 0.824. The molecule has 1 aromatic heterocycles. The number of hydrogen-bond donors (Lipinski definition) is 1. The Labute approximate surface area is 128 Å². The molecule has 1 aromatic rings. The zero-order chi connectivity index (χ0) is 14.9. The monoisotopic (exact) mass is 294 g/mol. The van der Waals surface area contributed by atoms with Crippen molar-refractivity contribution in [1.29, 1.82) is 0 Å². The van der Waals surface area contributed by atoms with Gasteiger partial charge in [-0.2, -0.15) is 0 Å². The van der Waals surface area contributed by atoms with Gasteiger partial charge in [-0.1, -0.05) is 40.5 Å². The summed E-state index contributed by atoms with van der Waals surface area (Å²) in [6.45, 7) is 13.8. The maximum atomic E-state index is 5.00. The molecule has 0 saturated heterocycles. The summed E-state index contributed by atoms with van der Waals surface area (Å²) in [6, 6.07) is 0.495. The second kappa shape index (κ2) is 6.15. The Morgan fingerprint density at radius 1 is 1.30 bits per heavy atom. The highest BCUT2D eigenvalue weighted by Crippen LogP contribution is 2.46. The molecule has 1 N–H and O–H groups in total. The summed E-state index contributed by atoms with van der Waals surface area (Å²) in [4.78, 5) is 5.00. The van der Waals surface area contributed by atoms with Crippen molar-refractivity contribution < 1.29 is 0 Å². The minimum Gasteiger partial charge on any atom is -0.303 e. The van der Waals surface area contributed by atoms with Gasteiger partial charge in [-0.25, -0.2) is 4.98 Å². The smallest absolute Gasteiger partial charge is 0.113 e. The van der Waals surface area contributed by atoms with Crippen LogP contribution in [0.3, 0.4) is 0 Å². The molecule has 3 atom stereocenters. The van der Waals surface area contributed by atoms with Crippen LogP contribution in [0, 0.1) is 11.8 Å². The fourth-order valence-corrected chi connectivity index (χ4v) is 4.78. The van der Waals surface area contributed by atoms with E-state index in [2.05, 4.69) is 52.2 Å². The molecule has 0 bridgehead atoms. The van der Waals surface area contributed by atoms with Gasteiger partial charge in [-0.05, 0) is 38.0 Å². The van der Waals surface area contributed by atoms with E-state index in [1.165, 1.54) is 30.0 Å². The van der Waals surface area contributed by atoms with Crippen molar-refractivity contribution >= 4 is 11.3 Å². The lowest BCUT2D eigenvalue weighted by molar-refractivity contribution is 0.0942. The lowest BCUT2D eigenvalue weighted by Crippen LogP contribution is -2.54. The summed E-state index contributed by atoms with van der Waals surface area (Å²) in [6.07, 6.45) is 3.88. The third kappa shape index (κ3) is 2.94. The first-order chi connectivity index (χ1) is 9.36. The molecule has 0 amide bonds. The van der Waals surface area contributed by atoms with E-state index in [0.717, 1.165) is 5.92 Å². The summed E-state index contributed by atoms with van der Waals surface area (Å²) in [5.41, 5.74) is 1.34. The average molecular weight is 295 g/mol. The molecule has 0 spiro atoms. The summed E-state index contributed by atoms with van der Waals surface area (Å²) in [7, 11) is 0. The van der Waals surface area contributed by atoms with Crippen LogP contribution < -0.4 is 5.32 Å². The van der Waals surface area contributed by atoms with Crippen molar-refractivity contribution in [2.75, 3.05) is 0 Å². The molecule has 0 aliphatic heterocycles. The minimum atomic E-state index is 0.0869. The van der Waals surface area contributed by atoms with Gasteiger partial charge in [0.15, 0.2) is 0 Å². The lowest BCUT2D eigenvalue weighted by atomic mass is 9.68. The third-order valence-electron chi connectivity index (χ3n) is 4.90. The molecule has 1 heterocycles. The Balaban J connectivity index is 2.39. The Morgan fingerprint density at radius 2 is 2.00 bits per heavy atom. The zero-order valence-electron chi connectivity index (χ0n) is 13.9. The largest absolute Gasteiger partial charge is 0.303 e. The van der Waals surface area contributed by atoms with E-state index in [-0.39, 0.29) is 5.54 Å². The van der Waals surface area contributed by atoms with Crippen LogP contribution in [0.1, 0.15) is 77.4 Å². The number of rotatable bonds is 4. The van der Waals surface area contributed by atoms with Gasteiger partial charge in [-0.15, -0.1) is 11.3 Å². The van der Waals surface area contributed by atoms with Crippen molar-refractivity contribution in [3.05, 3.63) is 16.1 Å². The first-order valence-corrected chi connectivity index (χ1v) is 8.98. The van der Waals surface area contributed by atoms with Gasteiger partial charge in [-0.3, -0.25) is 0 Å². The van der Waals surface area contributed by atoms with Crippen molar-refractivity contribution in [3.8, 4) is 0 Å². The summed E-state index contributed by atoms with van der Waals surface area (Å²) < 4.78 is 0. The summed E-state index contributed by atoms with van der Waals surface area (Å²) in [5, 5.41) is 7.47. The van der Waals surface area contributed by atoms with Crippen LogP contribution in [0.25, 0.3) is 0 Å². The standard InChI is InChI=1S/C17H30N2S/c1-11(2)15-10-20-16(18-15)17(19-12(3)4)9-7-8-13(5)14(17)6/h10-14,19H,7-9H2,1-6H3. The SMILES string of the molecule is CC(C)NC1(c2nc(C(C)C)cs2)CCCC(C)C1C. The highest BCUT2D eigenvalue weighted by molar-refractivity contribution is 7.09. The highest BCUT2D eigenvalue weighted by Gasteiger charge is 2.45. The average Bonchev–Trinajstić information content (AvgIpc) is 2.84. The molecule has 1 aliphatic carbocycles. The molecular weight excluding hydrogens is 264 g/mol. The number of hydrogen-bond acceptors (Lipinski definition) is 3. The minimum absolute atomic E-state index is 0.0869. The van der Waals surface area contributed by atoms with Crippen LogP contribution in [0.4, 0.5) is 0 Å². The van der Waals surface area contributed by atoms with Crippen molar-refractivity contribution in [3.63, 3.8) is 0 Å². The van der Waals surface area contributed by atoms with Crippen LogP contribution in [-0.4, -0.2) is 11.0 Å². The number of aromatic nitrogens is 1. The zero-order valence-corrected chi connectivity index (χ0v) is 14.7. The number of nitrogens with zero attached hydrogens (tertiary/aromatic N) is 1. The Hall–Kier alpha value is -0.410. The molecule has 1 fully saturated rings. The van der Waals surface area contributed by atoms with Gasteiger partial charge in [0.1, 0.15) is 5.01 Å². The maximum Gasteiger partial charge on any atom is 0.113 e. The summed E-state index contributed by atoms with van der Waals surface area (Å²) in [5.74, 6) is 1.93. The quantitative estimate of drug-likeness (QED) is 0.853. The first-order valence-electron chi connectivity index (χ1n) is 8.10. The van der Waals surface area contributed by atoms with E-state index in [4.69, 9.17) is 4.98 Å². The van der Waals surface area contributed by atoms with Crippen LogP contribution in [0.5, 0.6) is 0 Å². The van der Waals surface area contributed by atoms with Gasteiger partial charge < -0.3 is 5.32 Å². The van der Waals surface area contributed by atoms with Crippen LogP contribution in [0.2, 0.25) is 0 Å². The third-order valence-corrected chi connectivity index (χ3v) is 5.94. The molecule has 3 heteroatoms. The molecular formula is C17H30N2S. The predicted octanol–water partition coefficient (Wildman–Crippen LogP) is 4.92. The van der Waals surface area contributed by atoms with E-state index >= 15 is 0 Å². The van der Waals surface area contributed by atoms with E-state index in [0.29, 0.717) is 17.9 Å². The Bertz CT molecular complexity index is 438. The molecule has 1 saturated carbocycles. The molecule has 1 aliphatic rings. The molecule has 3 unspecified atom stereocenters. The van der Waals surface area contributed by atoms with Crippen LogP contribution in [-0.2, 0) is 5.54 Å². The van der Waals surface area contributed by atoms with E-state index in [1.54, 1.807) is 0 Å². The normalized spacial score (nSPS) is 31.2. The van der Waals surface area contributed by atoms with E-state index in [1.807, 2.05) is 11.3 Å². The van der Waals surface area contributed by atoms with Gasteiger partial charge in [0, 0.05) is 11.4 Å². The molecule has 20 heavy (non-hydrogen) atoms. The Morgan fingerprint density at radius 3 is 2.55 bits per heavy atom. The van der Waals surface area contributed by atoms with Gasteiger partial charge in [0.05, 0.1) is 11.2 Å². The van der Waals surface area contributed by atoms with Crippen LogP contribution in [0.15, 0.2) is 5.38 Å². The number of nitrogens with one attached hydrogen (secondary N) is 1. The lowest BCUT2D eigenvalue weighted by Gasteiger charge is -2.46. The number of thiazole rings is 1. The highest BCUT2D eigenvalue weighted by atomic mass is 32.1. The molecule has 114 valence electrons. The van der Waals surface area contributed by atoms with Crippen LogP contribution >= 0.6 is 11.3 Å². The topological polar surface area (TPSA) is 24.9 Å². The maximum absolute atomic E-state index is 5.00. The van der Waals surface area contributed by atoms with E-state index < -0.39 is 0 Å². The molecule has 2 rings (SSSR count). The van der Waals surface area contributed by atoms with Gasteiger partial charge in [0.2, 0.25) is 0 Å². The molecule has 2 nitrogen and oxygen atoms in total. The first kappa shape index (κ1) is 16.0. The van der Waals surface area contributed by atoms with E-state index in [9.17, 15) is 0 Å². The van der Waals surface area contributed by atoms with Crippen molar-refractivity contribution in [2.24, 2.45) is 11.8 Å². The van der Waals surface area contributed by atoms with Crippen molar-refractivity contribution in [1.82, 2.24) is 10.3 Å². The fourth-order valence-electron chi connectivity index (χ4n) is 3.50. The van der Waals surface area contributed by atoms with Gasteiger partial charge >= 0.3 is 0 Å². The Kier molecular flexibility index (Phi) is 4.91.